The first-order valence-electron chi connectivity index (χ1n) is 7.89. The molecule has 1 atom stereocenters. The molecule has 1 aliphatic heterocycles. The Morgan fingerprint density at radius 2 is 1.64 bits per heavy atom. The number of carbonyl (C=O) groups excluding carboxylic acids is 2. The molecule has 0 unspecified atom stereocenters. The smallest absolute Gasteiger partial charge is 0.319 e. The number of benzene rings is 1. The number of hydrogen-bond donors (Lipinski definition) is 0. The van der Waals surface area contributed by atoms with Crippen LogP contribution in [-0.2, 0) is 14.3 Å². The Kier molecular flexibility index (Phi) is 3.58. The normalized spacial score (nSPS) is 26.8. The molecule has 1 heterocycles. The molecular weight excluding hydrogens is 283 g/mol. The summed E-state index contributed by atoms with van der Waals surface area (Å²) in [7, 11) is 0. The van der Waals surface area contributed by atoms with E-state index in [2.05, 4.69) is 0 Å². The van der Waals surface area contributed by atoms with Crippen LogP contribution in [0.15, 0.2) is 24.3 Å². The lowest BCUT2D eigenvalue weighted by Crippen LogP contribution is -2.55. The number of esters is 1. The van der Waals surface area contributed by atoms with Crippen molar-refractivity contribution < 1.29 is 18.7 Å². The van der Waals surface area contributed by atoms with Crippen LogP contribution in [0.4, 0.5) is 4.39 Å². The summed E-state index contributed by atoms with van der Waals surface area (Å²) in [6, 6.07) is 5.94. The van der Waals surface area contributed by atoms with Gasteiger partial charge in [0.15, 0.2) is 5.78 Å². The van der Waals surface area contributed by atoms with Crippen LogP contribution in [0.2, 0.25) is 0 Å². The molecule has 2 aliphatic rings. The molecule has 1 aromatic rings. The lowest BCUT2D eigenvalue weighted by molar-refractivity contribution is -0.192. The molecule has 4 heteroatoms. The van der Waals surface area contributed by atoms with Gasteiger partial charge in [0.05, 0.1) is 5.41 Å². The summed E-state index contributed by atoms with van der Waals surface area (Å²) < 4.78 is 18.9. The number of ketones is 1. The number of hydrogen-bond acceptors (Lipinski definition) is 3. The van der Waals surface area contributed by atoms with E-state index in [4.69, 9.17) is 4.74 Å². The highest BCUT2D eigenvalue weighted by molar-refractivity contribution is 6.08. The van der Waals surface area contributed by atoms with Gasteiger partial charge in [-0.1, -0.05) is 31.4 Å². The number of halogens is 1. The second-order valence-electron chi connectivity index (χ2n) is 7.01. The van der Waals surface area contributed by atoms with E-state index >= 15 is 0 Å². The average molecular weight is 304 g/mol. The van der Waals surface area contributed by atoms with Gasteiger partial charge in [-0.2, -0.15) is 0 Å². The van der Waals surface area contributed by atoms with Gasteiger partial charge >= 0.3 is 5.97 Å². The van der Waals surface area contributed by atoms with Crippen LogP contribution in [0.3, 0.4) is 0 Å². The molecule has 1 saturated carbocycles. The van der Waals surface area contributed by atoms with Gasteiger partial charge in [0.1, 0.15) is 17.3 Å². The van der Waals surface area contributed by atoms with Crippen LogP contribution in [0.25, 0.3) is 0 Å². The molecule has 1 aliphatic carbocycles. The molecule has 1 aromatic carbocycles. The number of carbonyl (C=O) groups is 2. The zero-order valence-electron chi connectivity index (χ0n) is 13.0. The second-order valence-corrected chi connectivity index (χ2v) is 7.01. The number of ether oxygens (including phenoxy) is 1. The van der Waals surface area contributed by atoms with Crippen LogP contribution in [-0.4, -0.2) is 11.8 Å². The monoisotopic (exact) mass is 304 g/mol. The highest BCUT2D eigenvalue weighted by Gasteiger charge is 2.60. The van der Waals surface area contributed by atoms with E-state index in [-0.39, 0.29) is 11.6 Å². The van der Waals surface area contributed by atoms with E-state index in [1.807, 2.05) is 0 Å². The largest absolute Gasteiger partial charge is 0.456 e. The van der Waals surface area contributed by atoms with Crippen molar-refractivity contribution in [1.82, 2.24) is 0 Å². The van der Waals surface area contributed by atoms with Crippen molar-refractivity contribution in [3.8, 4) is 0 Å². The molecule has 118 valence electrons. The number of rotatable bonds is 1. The van der Waals surface area contributed by atoms with Gasteiger partial charge in [0, 0.05) is 0 Å². The van der Waals surface area contributed by atoms with Crippen molar-refractivity contribution in [1.29, 1.82) is 0 Å². The third-order valence-electron chi connectivity index (χ3n) is 5.18. The predicted molar refractivity (Wildman–Crippen MR) is 79.5 cm³/mol. The summed E-state index contributed by atoms with van der Waals surface area (Å²) in [6.07, 6.45) is 3.87. The maximum Gasteiger partial charge on any atom is 0.319 e. The van der Waals surface area contributed by atoms with E-state index in [0.717, 1.165) is 32.1 Å². The van der Waals surface area contributed by atoms with Gasteiger partial charge in [0.25, 0.3) is 0 Å². The van der Waals surface area contributed by atoms with Crippen molar-refractivity contribution in [3.63, 3.8) is 0 Å². The van der Waals surface area contributed by atoms with Crippen LogP contribution >= 0.6 is 0 Å². The Morgan fingerprint density at radius 3 is 2.23 bits per heavy atom. The first-order valence-corrected chi connectivity index (χ1v) is 7.89. The van der Waals surface area contributed by atoms with Gasteiger partial charge in [-0.25, -0.2) is 4.39 Å². The Bertz CT molecular complexity index is 597. The lowest BCUT2D eigenvalue weighted by atomic mass is 9.59. The number of Topliss-reactive ketones (excluding diaryl/α,β-unsaturated/α-hetero) is 1. The molecule has 2 fully saturated rings. The van der Waals surface area contributed by atoms with Crippen molar-refractivity contribution in [3.05, 3.63) is 35.6 Å². The average Bonchev–Trinajstić information content (AvgIpc) is 2.52. The number of cyclic esters (lactones) is 1. The summed E-state index contributed by atoms with van der Waals surface area (Å²) in [5.41, 5.74) is -1.05. The minimum absolute atomic E-state index is 0.0229. The standard InChI is InChI=1S/C18H21FO3/c1-17(2)15(20)18(10-4-3-5-11-18)14(22-16(17)21)12-6-8-13(19)9-7-12/h6-9,14H,3-5,10-11H2,1-2H3/t14-/m1/s1. The zero-order valence-corrected chi connectivity index (χ0v) is 13.0. The van der Waals surface area contributed by atoms with Crippen LogP contribution in [0, 0.1) is 16.6 Å². The van der Waals surface area contributed by atoms with Crippen LogP contribution in [0.5, 0.6) is 0 Å². The first-order chi connectivity index (χ1) is 10.4. The minimum atomic E-state index is -1.10. The molecule has 1 spiro atoms. The Balaban J connectivity index is 2.08. The molecule has 3 nitrogen and oxygen atoms in total. The highest BCUT2D eigenvalue weighted by atomic mass is 19.1. The quantitative estimate of drug-likeness (QED) is 0.582. The van der Waals surface area contributed by atoms with Gasteiger partial charge in [-0.15, -0.1) is 0 Å². The summed E-state index contributed by atoms with van der Waals surface area (Å²) >= 11 is 0. The van der Waals surface area contributed by atoms with Crippen molar-refractivity contribution in [2.75, 3.05) is 0 Å². The topological polar surface area (TPSA) is 43.4 Å². The van der Waals surface area contributed by atoms with Crippen LogP contribution in [0.1, 0.15) is 57.6 Å². The fourth-order valence-corrected chi connectivity index (χ4v) is 3.90. The third-order valence-corrected chi connectivity index (χ3v) is 5.18. The van der Waals surface area contributed by atoms with E-state index in [1.54, 1.807) is 26.0 Å². The molecule has 0 aromatic heterocycles. The third kappa shape index (κ3) is 2.16. The van der Waals surface area contributed by atoms with E-state index in [1.165, 1.54) is 12.1 Å². The molecule has 0 bridgehead atoms. The van der Waals surface area contributed by atoms with Gasteiger partial charge in [0.2, 0.25) is 0 Å². The molecule has 1 saturated heterocycles. The summed E-state index contributed by atoms with van der Waals surface area (Å²) in [4.78, 5) is 25.4. The van der Waals surface area contributed by atoms with Crippen LogP contribution < -0.4 is 0 Å². The fraction of sp³-hybridized carbons (Fsp3) is 0.556. The Hall–Kier alpha value is -1.71. The highest BCUT2D eigenvalue weighted by Crippen LogP contribution is 2.55. The molecular formula is C18H21FO3. The minimum Gasteiger partial charge on any atom is -0.456 e. The first kappa shape index (κ1) is 15.2. The molecule has 0 radical (unpaired) electrons. The molecule has 22 heavy (non-hydrogen) atoms. The van der Waals surface area contributed by atoms with Gasteiger partial charge in [-0.3, -0.25) is 9.59 Å². The van der Waals surface area contributed by atoms with Gasteiger partial charge < -0.3 is 4.74 Å². The molecule has 0 amide bonds. The Morgan fingerprint density at radius 1 is 1.05 bits per heavy atom. The van der Waals surface area contributed by atoms with E-state index < -0.39 is 22.9 Å². The van der Waals surface area contributed by atoms with Crippen molar-refractivity contribution >= 4 is 11.8 Å². The predicted octanol–water partition coefficient (Wildman–Crippen LogP) is 3.97. The van der Waals surface area contributed by atoms with Crippen molar-refractivity contribution in [2.24, 2.45) is 10.8 Å². The van der Waals surface area contributed by atoms with E-state index in [0.29, 0.717) is 5.56 Å². The fourth-order valence-electron chi connectivity index (χ4n) is 3.90. The SMILES string of the molecule is CC1(C)C(=O)O[C@H](c2ccc(F)cc2)C2(CCCCC2)C1=O. The summed E-state index contributed by atoms with van der Waals surface area (Å²) in [6.45, 7) is 3.30. The van der Waals surface area contributed by atoms with E-state index in [9.17, 15) is 14.0 Å². The van der Waals surface area contributed by atoms with Gasteiger partial charge in [-0.05, 0) is 44.4 Å². The second kappa shape index (κ2) is 5.18. The maximum absolute atomic E-state index is 13.2. The molecule has 3 rings (SSSR count). The van der Waals surface area contributed by atoms with Crippen molar-refractivity contribution in [2.45, 2.75) is 52.1 Å². The lowest BCUT2D eigenvalue weighted by Gasteiger charge is -2.49. The maximum atomic E-state index is 13.2. The summed E-state index contributed by atoms with van der Waals surface area (Å²) in [5.74, 6) is -0.844. The molecule has 0 N–H and O–H groups in total. The zero-order chi connectivity index (χ0) is 16.0. The Labute approximate surface area is 129 Å². The summed E-state index contributed by atoms with van der Waals surface area (Å²) in [5, 5.41) is 0.